The van der Waals surface area contributed by atoms with Gasteiger partial charge in [0.15, 0.2) is 0 Å². The number of carbonyl (C=O) groups excluding carboxylic acids is 1. The number of halogens is 6. The summed E-state index contributed by atoms with van der Waals surface area (Å²) in [6, 6.07) is 8.70. The molecule has 2 aromatic carbocycles. The number of nitroso groups, excluding NO2 is 1. The third-order valence-electron chi connectivity index (χ3n) is 7.53. The highest BCUT2D eigenvalue weighted by molar-refractivity contribution is 5.76. The van der Waals surface area contributed by atoms with E-state index in [1.54, 1.807) is 11.0 Å². The van der Waals surface area contributed by atoms with Crippen molar-refractivity contribution in [3.63, 3.8) is 0 Å². The van der Waals surface area contributed by atoms with Gasteiger partial charge in [-0.05, 0) is 79.7 Å². The largest absolute Gasteiger partial charge is 0.418 e. The Balaban J connectivity index is 1.20. The van der Waals surface area contributed by atoms with E-state index >= 15 is 0 Å². The van der Waals surface area contributed by atoms with Crippen molar-refractivity contribution in [2.45, 2.75) is 56.4 Å². The minimum atomic E-state index is -4.69. The number of anilines is 1. The van der Waals surface area contributed by atoms with Crippen molar-refractivity contribution in [2.75, 3.05) is 38.0 Å². The minimum Gasteiger partial charge on any atom is -0.382 e. The number of alkyl halides is 6. The highest BCUT2D eigenvalue weighted by Gasteiger charge is 2.35. The molecule has 2 aliphatic rings. The molecule has 2 fully saturated rings. The van der Waals surface area contributed by atoms with Crippen LogP contribution in [0.5, 0.6) is 0 Å². The summed E-state index contributed by atoms with van der Waals surface area (Å²) >= 11 is 0. The summed E-state index contributed by atoms with van der Waals surface area (Å²) in [4.78, 5) is 27.4. The molecular formula is C27H30F6N4O2. The Morgan fingerprint density at radius 1 is 0.897 bits per heavy atom. The predicted octanol–water partition coefficient (Wildman–Crippen LogP) is 6.79. The summed E-state index contributed by atoms with van der Waals surface area (Å²) in [5.41, 5.74) is -1.44. The molecule has 0 unspecified atom stereocenters. The molecule has 12 heteroatoms. The van der Waals surface area contributed by atoms with Crippen LogP contribution in [0.2, 0.25) is 0 Å². The highest BCUT2D eigenvalue weighted by Crippen LogP contribution is 2.38. The molecule has 212 valence electrons. The van der Waals surface area contributed by atoms with Crippen LogP contribution in [0.1, 0.15) is 54.7 Å². The zero-order chi connectivity index (χ0) is 28.2. The van der Waals surface area contributed by atoms with E-state index in [0.717, 1.165) is 31.0 Å². The second kappa shape index (κ2) is 11.9. The number of nitrogens with one attached hydrogen (secondary N) is 1. The maximum absolute atomic E-state index is 13.2. The van der Waals surface area contributed by atoms with E-state index in [2.05, 4.69) is 15.4 Å². The number of nitrogens with zero attached hydrogens (tertiary/aromatic N) is 3. The number of carbonyl (C=O) groups is 1. The van der Waals surface area contributed by atoms with Gasteiger partial charge in [-0.2, -0.15) is 26.3 Å². The van der Waals surface area contributed by atoms with Gasteiger partial charge in [-0.3, -0.25) is 4.79 Å². The van der Waals surface area contributed by atoms with Crippen molar-refractivity contribution >= 4 is 17.3 Å². The molecule has 1 N–H and O–H groups in total. The number of hydrogen-bond acceptors (Lipinski definition) is 5. The quantitative estimate of drug-likeness (QED) is 0.301. The second-order valence-electron chi connectivity index (χ2n) is 10.1. The van der Waals surface area contributed by atoms with Crippen molar-refractivity contribution in [3.05, 3.63) is 64.1 Å². The Hall–Kier alpha value is -3.15. The fourth-order valence-electron chi connectivity index (χ4n) is 5.31. The SMILES string of the molecule is O=Nc1ccc(NC2CCN(C(=O)CCN3CCC(c4cccc(C(F)(F)F)c4)CC3)CC2)cc1C(F)(F)F. The molecule has 0 spiro atoms. The van der Waals surface area contributed by atoms with Gasteiger partial charge in [-0.15, -0.1) is 4.91 Å². The van der Waals surface area contributed by atoms with Crippen molar-refractivity contribution in [1.29, 1.82) is 0 Å². The number of piperidine rings is 2. The fraction of sp³-hybridized carbons (Fsp3) is 0.519. The van der Waals surface area contributed by atoms with E-state index in [0.29, 0.717) is 57.5 Å². The van der Waals surface area contributed by atoms with Crippen LogP contribution in [0.3, 0.4) is 0 Å². The first-order valence-corrected chi connectivity index (χ1v) is 12.9. The van der Waals surface area contributed by atoms with E-state index in [-0.39, 0.29) is 23.6 Å². The Labute approximate surface area is 222 Å². The van der Waals surface area contributed by atoms with Gasteiger partial charge in [0.05, 0.1) is 11.1 Å². The summed E-state index contributed by atoms with van der Waals surface area (Å²) in [6.45, 7) is 2.95. The molecule has 0 bridgehead atoms. The van der Waals surface area contributed by atoms with Crippen molar-refractivity contribution in [1.82, 2.24) is 9.80 Å². The summed E-state index contributed by atoms with van der Waals surface area (Å²) < 4.78 is 78.6. The number of benzene rings is 2. The summed E-state index contributed by atoms with van der Waals surface area (Å²) in [6.07, 6.45) is -6.12. The van der Waals surface area contributed by atoms with E-state index in [9.17, 15) is 36.0 Å². The topological polar surface area (TPSA) is 65.0 Å². The van der Waals surface area contributed by atoms with Crippen LogP contribution in [-0.2, 0) is 17.1 Å². The molecule has 0 atom stereocenters. The Morgan fingerprint density at radius 2 is 1.59 bits per heavy atom. The van der Waals surface area contributed by atoms with Gasteiger partial charge in [0, 0.05) is 37.8 Å². The lowest BCUT2D eigenvalue weighted by Gasteiger charge is -2.35. The molecule has 6 nitrogen and oxygen atoms in total. The number of likely N-dealkylation sites (tertiary alicyclic amines) is 2. The molecular weight excluding hydrogens is 526 g/mol. The maximum atomic E-state index is 13.2. The molecule has 4 rings (SSSR count). The average Bonchev–Trinajstić information content (AvgIpc) is 2.91. The van der Waals surface area contributed by atoms with Crippen molar-refractivity contribution < 1.29 is 31.1 Å². The van der Waals surface area contributed by atoms with Crippen LogP contribution >= 0.6 is 0 Å². The van der Waals surface area contributed by atoms with E-state index in [1.807, 2.05) is 0 Å². The van der Waals surface area contributed by atoms with Gasteiger partial charge < -0.3 is 15.1 Å². The van der Waals surface area contributed by atoms with Crippen LogP contribution in [0.4, 0.5) is 37.7 Å². The van der Waals surface area contributed by atoms with Gasteiger partial charge in [0.2, 0.25) is 5.91 Å². The molecule has 2 saturated heterocycles. The van der Waals surface area contributed by atoms with Crippen LogP contribution in [0, 0.1) is 4.91 Å². The second-order valence-corrected chi connectivity index (χ2v) is 10.1. The lowest BCUT2D eigenvalue weighted by Crippen LogP contribution is -2.43. The van der Waals surface area contributed by atoms with Gasteiger partial charge in [-0.1, -0.05) is 18.2 Å². The molecule has 2 aliphatic heterocycles. The molecule has 2 heterocycles. The summed E-state index contributed by atoms with van der Waals surface area (Å²) in [5.74, 6) is 0.0677. The highest BCUT2D eigenvalue weighted by atomic mass is 19.4. The predicted molar refractivity (Wildman–Crippen MR) is 135 cm³/mol. The summed E-state index contributed by atoms with van der Waals surface area (Å²) in [5, 5.41) is 5.52. The molecule has 1 amide bonds. The number of amides is 1. The van der Waals surface area contributed by atoms with Gasteiger partial charge in [-0.25, -0.2) is 0 Å². The smallest absolute Gasteiger partial charge is 0.382 e. The number of hydrogen-bond donors (Lipinski definition) is 1. The van der Waals surface area contributed by atoms with E-state index in [1.165, 1.54) is 18.2 Å². The van der Waals surface area contributed by atoms with Crippen LogP contribution in [0.15, 0.2) is 47.6 Å². The van der Waals surface area contributed by atoms with Gasteiger partial charge >= 0.3 is 12.4 Å². The lowest BCUT2D eigenvalue weighted by molar-refractivity contribution is -0.138. The third-order valence-corrected chi connectivity index (χ3v) is 7.53. The van der Waals surface area contributed by atoms with Gasteiger partial charge in [0.1, 0.15) is 5.69 Å². The normalized spacial score (nSPS) is 18.3. The monoisotopic (exact) mass is 556 g/mol. The minimum absolute atomic E-state index is 0.00854. The molecule has 0 radical (unpaired) electrons. The maximum Gasteiger partial charge on any atom is 0.418 e. The molecule has 39 heavy (non-hydrogen) atoms. The first-order valence-electron chi connectivity index (χ1n) is 12.9. The lowest BCUT2D eigenvalue weighted by atomic mass is 9.88. The average molecular weight is 557 g/mol. The van der Waals surface area contributed by atoms with E-state index < -0.39 is 29.2 Å². The molecule has 0 aromatic heterocycles. The fourth-order valence-corrected chi connectivity index (χ4v) is 5.31. The van der Waals surface area contributed by atoms with Crippen molar-refractivity contribution in [2.24, 2.45) is 5.18 Å². The van der Waals surface area contributed by atoms with E-state index in [4.69, 9.17) is 0 Å². The number of rotatable bonds is 7. The molecule has 0 saturated carbocycles. The third kappa shape index (κ3) is 7.49. The van der Waals surface area contributed by atoms with Crippen molar-refractivity contribution in [3.8, 4) is 0 Å². The van der Waals surface area contributed by atoms with Crippen LogP contribution in [0.25, 0.3) is 0 Å². The summed E-state index contributed by atoms with van der Waals surface area (Å²) in [7, 11) is 0. The van der Waals surface area contributed by atoms with Crippen LogP contribution < -0.4 is 5.32 Å². The Kier molecular flexibility index (Phi) is 8.83. The first kappa shape index (κ1) is 28.8. The van der Waals surface area contributed by atoms with Gasteiger partial charge in [0.25, 0.3) is 0 Å². The molecule has 0 aliphatic carbocycles. The van der Waals surface area contributed by atoms with Crippen LogP contribution in [-0.4, -0.2) is 54.5 Å². The first-order chi connectivity index (χ1) is 18.4. The Morgan fingerprint density at radius 3 is 2.21 bits per heavy atom. The standard InChI is InChI=1S/C27H30F6N4O2/c28-26(29,30)20-3-1-2-19(16-20)18-6-11-36(12-7-18)13-10-25(38)37-14-8-21(9-15-37)34-22-4-5-24(35-39)23(17-22)27(31,32)33/h1-5,16-18,21,34H,6-15H2. The zero-order valence-corrected chi connectivity index (χ0v) is 21.2. The molecule has 2 aromatic rings. The Bertz CT molecular complexity index is 1150. The zero-order valence-electron chi connectivity index (χ0n) is 21.2.